The van der Waals surface area contributed by atoms with Crippen LogP contribution in [0, 0.1) is 11.3 Å². The Labute approximate surface area is 78.8 Å². The maximum atomic E-state index is 8.54. The molecule has 0 aliphatic carbocycles. The Bertz CT molecular complexity index is 521. The Kier molecular flexibility index (Phi) is 1.68. The zero-order chi connectivity index (χ0) is 10.1. The van der Waals surface area contributed by atoms with Gasteiger partial charge in [0.2, 0.25) is 5.95 Å². The lowest BCUT2D eigenvalue weighted by atomic mass is 10.2. The van der Waals surface area contributed by atoms with E-state index in [1.807, 2.05) is 6.07 Å². The van der Waals surface area contributed by atoms with E-state index in [0.29, 0.717) is 16.7 Å². The van der Waals surface area contributed by atoms with E-state index in [4.69, 9.17) is 16.7 Å². The smallest absolute Gasteiger partial charge is 0.224 e. The second-order valence-corrected chi connectivity index (χ2v) is 2.70. The van der Waals surface area contributed by atoms with E-state index < -0.39 is 0 Å². The van der Waals surface area contributed by atoms with Gasteiger partial charge in [0.1, 0.15) is 5.82 Å². The van der Waals surface area contributed by atoms with Crippen LogP contribution in [-0.2, 0) is 6.42 Å². The third-order valence-electron chi connectivity index (χ3n) is 1.79. The van der Waals surface area contributed by atoms with Crippen LogP contribution in [0.3, 0.4) is 0 Å². The van der Waals surface area contributed by atoms with Crippen molar-refractivity contribution in [1.82, 2.24) is 20.2 Å². The Morgan fingerprint density at radius 2 is 2.14 bits per heavy atom. The molecule has 0 saturated carbocycles. The van der Waals surface area contributed by atoms with Gasteiger partial charge in [-0.15, -0.1) is 0 Å². The van der Waals surface area contributed by atoms with Crippen LogP contribution in [0.5, 0.6) is 0 Å². The average Bonchev–Trinajstić information content (AvgIpc) is 2.49. The number of anilines is 2. The number of nitrogens with one attached hydrogen (secondary N) is 1. The molecule has 2 aromatic rings. The van der Waals surface area contributed by atoms with Crippen LogP contribution in [-0.4, -0.2) is 20.2 Å². The van der Waals surface area contributed by atoms with E-state index in [2.05, 4.69) is 20.2 Å². The lowest BCUT2D eigenvalue weighted by Crippen LogP contribution is -2.00. The molecule has 14 heavy (non-hydrogen) atoms. The molecular weight excluding hydrogens is 182 g/mol. The normalized spacial score (nSPS) is 10.2. The number of nitrogen functional groups attached to an aromatic ring is 2. The highest BCUT2D eigenvalue weighted by Gasteiger charge is 2.11. The van der Waals surface area contributed by atoms with Gasteiger partial charge in [0.25, 0.3) is 0 Å². The number of fused-ring (bicyclic) bond motifs is 1. The Hall–Kier alpha value is -2.36. The predicted molar refractivity (Wildman–Crippen MR) is 49.8 cm³/mol. The van der Waals surface area contributed by atoms with Crippen LogP contribution in [0.1, 0.15) is 5.69 Å². The highest BCUT2D eigenvalue weighted by molar-refractivity contribution is 5.88. The van der Waals surface area contributed by atoms with Crippen LogP contribution in [0.4, 0.5) is 11.8 Å². The number of nitrogens with two attached hydrogens (primary N) is 2. The minimum absolute atomic E-state index is 0.0741. The first-order valence-corrected chi connectivity index (χ1v) is 3.85. The second-order valence-electron chi connectivity index (χ2n) is 2.70. The van der Waals surface area contributed by atoms with E-state index in [1.165, 1.54) is 0 Å². The maximum absolute atomic E-state index is 8.54. The maximum Gasteiger partial charge on any atom is 0.224 e. The third kappa shape index (κ3) is 1.09. The van der Waals surface area contributed by atoms with Crippen molar-refractivity contribution < 1.29 is 0 Å². The molecule has 2 heterocycles. The summed E-state index contributed by atoms with van der Waals surface area (Å²) < 4.78 is 0. The lowest BCUT2D eigenvalue weighted by Gasteiger charge is -1.96. The number of nitriles is 1. The molecule has 0 aliphatic heterocycles. The number of nitrogens with zero attached hydrogens (tertiary/aromatic N) is 4. The summed E-state index contributed by atoms with van der Waals surface area (Å²) >= 11 is 0. The lowest BCUT2D eigenvalue weighted by molar-refractivity contribution is 1.02. The number of hydrogen-bond donors (Lipinski definition) is 3. The van der Waals surface area contributed by atoms with Crippen molar-refractivity contribution >= 4 is 22.8 Å². The molecule has 0 radical (unpaired) electrons. The second kappa shape index (κ2) is 2.85. The molecule has 2 aromatic heterocycles. The van der Waals surface area contributed by atoms with Gasteiger partial charge in [-0.25, -0.2) is 0 Å². The first-order chi connectivity index (χ1) is 6.72. The molecule has 0 spiro atoms. The molecule has 0 fully saturated rings. The van der Waals surface area contributed by atoms with E-state index in [-0.39, 0.29) is 18.2 Å². The van der Waals surface area contributed by atoms with E-state index >= 15 is 0 Å². The Morgan fingerprint density at radius 3 is 2.86 bits per heavy atom. The molecule has 70 valence electrons. The van der Waals surface area contributed by atoms with Gasteiger partial charge in [-0.1, -0.05) is 0 Å². The number of aromatic amines is 1. The predicted octanol–water partition coefficient (Wildman–Crippen LogP) is -0.417. The van der Waals surface area contributed by atoms with Crippen LogP contribution < -0.4 is 11.5 Å². The fourth-order valence-corrected chi connectivity index (χ4v) is 1.24. The molecule has 0 amide bonds. The van der Waals surface area contributed by atoms with Crippen molar-refractivity contribution in [1.29, 1.82) is 5.26 Å². The standard InChI is InChI=1S/C7H7N7/c8-2-1-3-4-5(9)11-7(10)12-6(4)14-13-3/h1H2,(H5,9,10,11,12,13,14). The van der Waals surface area contributed by atoms with Crippen molar-refractivity contribution in [2.75, 3.05) is 11.5 Å². The van der Waals surface area contributed by atoms with Crippen molar-refractivity contribution in [3.63, 3.8) is 0 Å². The van der Waals surface area contributed by atoms with Gasteiger partial charge in [-0.05, 0) is 0 Å². The zero-order valence-electron chi connectivity index (χ0n) is 7.15. The van der Waals surface area contributed by atoms with Gasteiger partial charge in [-0.2, -0.15) is 20.3 Å². The molecular formula is C7H7N7. The van der Waals surface area contributed by atoms with Crippen LogP contribution in [0.25, 0.3) is 11.0 Å². The van der Waals surface area contributed by atoms with Gasteiger partial charge in [0.05, 0.1) is 23.6 Å². The third-order valence-corrected chi connectivity index (χ3v) is 1.79. The fourth-order valence-electron chi connectivity index (χ4n) is 1.24. The first-order valence-electron chi connectivity index (χ1n) is 3.85. The molecule has 0 saturated heterocycles. The minimum Gasteiger partial charge on any atom is -0.383 e. The van der Waals surface area contributed by atoms with E-state index in [9.17, 15) is 0 Å². The molecule has 0 unspecified atom stereocenters. The van der Waals surface area contributed by atoms with Crippen LogP contribution >= 0.6 is 0 Å². The van der Waals surface area contributed by atoms with Crippen LogP contribution in [0.15, 0.2) is 0 Å². The van der Waals surface area contributed by atoms with Gasteiger partial charge < -0.3 is 11.5 Å². The largest absolute Gasteiger partial charge is 0.383 e. The van der Waals surface area contributed by atoms with Crippen molar-refractivity contribution in [3.05, 3.63) is 5.69 Å². The van der Waals surface area contributed by atoms with Crippen molar-refractivity contribution in [3.8, 4) is 6.07 Å². The van der Waals surface area contributed by atoms with Gasteiger partial charge >= 0.3 is 0 Å². The summed E-state index contributed by atoms with van der Waals surface area (Å²) in [5, 5.41) is 15.7. The fraction of sp³-hybridized carbons (Fsp3) is 0.143. The number of H-pyrrole nitrogens is 1. The molecule has 5 N–H and O–H groups in total. The summed E-state index contributed by atoms with van der Waals surface area (Å²) in [6.45, 7) is 0. The average molecular weight is 189 g/mol. The zero-order valence-corrected chi connectivity index (χ0v) is 7.15. The number of rotatable bonds is 1. The molecule has 2 rings (SSSR count). The van der Waals surface area contributed by atoms with Crippen molar-refractivity contribution in [2.45, 2.75) is 6.42 Å². The van der Waals surface area contributed by atoms with Gasteiger partial charge in [0, 0.05) is 0 Å². The summed E-state index contributed by atoms with van der Waals surface area (Å²) in [6, 6.07) is 1.99. The molecule has 0 aliphatic rings. The molecule has 0 bridgehead atoms. The Morgan fingerprint density at radius 1 is 1.36 bits per heavy atom. The number of aromatic nitrogens is 4. The Balaban J connectivity index is 2.74. The van der Waals surface area contributed by atoms with E-state index in [1.54, 1.807) is 0 Å². The number of hydrogen-bond acceptors (Lipinski definition) is 6. The highest BCUT2D eigenvalue weighted by Crippen LogP contribution is 2.20. The summed E-state index contributed by atoms with van der Waals surface area (Å²) in [6.07, 6.45) is 0.188. The summed E-state index contributed by atoms with van der Waals surface area (Å²) in [4.78, 5) is 7.67. The minimum atomic E-state index is 0.0741. The summed E-state index contributed by atoms with van der Waals surface area (Å²) in [5.74, 6) is 0.316. The molecule has 0 atom stereocenters. The van der Waals surface area contributed by atoms with Crippen molar-refractivity contribution in [2.24, 2.45) is 0 Å². The first kappa shape index (κ1) is 8.25. The van der Waals surface area contributed by atoms with E-state index in [0.717, 1.165) is 0 Å². The summed E-state index contributed by atoms with van der Waals surface area (Å²) in [5.41, 5.74) is 12.0. The van der Waals surface area contributed by atoms with Gasteiger partial charge in [0.15, 0.2) is 5.65 Å². The SMILES string of the molecule is N#CCc1[nH]nc2nc(N)nc(N)c12. The monoisotopic (exact) mass is 189 g/mol. The quantitative estimate of drug-likeness (QED) is 0.558. The van der Waals surface area contributed by atoms with Crippen LogP contribution in [0.2, 0.25) is 0 Å². The molecule has 0 aromatic carbocycles. The van der Waals surface area contributed by atoms with Gasteiger partial charge in [-0.3, -0.25) is 5.10 Å². The molecule has 7 heteroatoms. The summed E-state index contributed by atoms with van der Waals surface area (Å²) in [7, 11) is 0. The highest BCUT2D eigenvalue weighted by atomic mass is 15.2. The topological polar surface area (TPSA) is 130 Å². The molecule has 7 nitrogen and oxygen atoms in total.